The number of aliphatic imine (C=N–C) groups is 1. The number of phenols is 1. The van der Waals surface area contributed by atoms with Gasteiger partial charge in [0.05, 0.1) is 4.90 Å². The molecular weight excluding hydrogens is 453 g/mol. The standard InChI is InChI=1S/C21H22ClF3N2O3S/c1-5-13-15(22)9-14(20(2,3)4)18(28)17(13)19-26-10-11-8-12(6-7-16(11)27-19)31(29,30)21(23,24)25/h6-10,19,27-28H,5H2,1-4H3. The van der Waals surface area contributed by atoms with Gasteiger partial charge in [-0.15, -0.1) is 0 Å². The number of hydrogen-bond acceptors (Lipinski definition) is 5. The Kier molecular flexibility index (Phi) is 5.82. The Morgan fingerprint density at radius 2 is 1.84 bits per heavy atom. The minimum Gasteiger partial charge on any atom is -0.507 e. The number of phenolic OH excluding ortho intramolecular Hbond substituents is 1. The van der Waals surface area contributed by atoms with Gasteiger partial charge in [0, 0.05) is 33.6 Å². The molecule has 0 fully saturated rings. The highest BCUT2D eigenvalue weighted by Crippen LogP contribution is 2.44. The maximum absolute atomic E-state index is 12.9. The third-order valence-corrected chi connectivity index (χ3v) is 6.94. The minimum atomic E-state index is -5.47. The Balaban J connectivity index is 2.09. The van der Waals surface area contributed by atoms with Gasteiger partial charge in [0.1, 0.15) is 11.9 Å². The summed E-state index contributed by atoms with van der Waals surface area (Å²) in [5, 5.41) is 14.6. The van der Waals surface area contributed by atoms with Crippen molar-refractivity contribution in [3.63, 3.8) is 0 Å². The Labute approximate surface area is 183 Å². The van der Waals surface area contributed by atoms with E-state index < -0.39 is 31.8 Å². The highest BCUT2D eigenvalue weighted by molar-refractivity contribution is 7.92. The summed E-state index contributed by atoms with van der Waals surface area (Å²) in [6.07, 6.45) is 1.07. The molecule has 31 heavy (non-hydrogen) atoms. The fourth-order valence-electron chi connectivity index (χ4n) is 3.49. The first-order chi connectivity index (χ1) is 14.2. The largest absolute Gasteiger partial charge is 0.507 e. The smallest absolute Gasteiger partial charge is 0.501 e. The van der Waals surface area contributed by atoms with Crippen LogP contribution in [-0.2, 0) is 21.7 Å². The zero-order valence-corrected chi connectivity index (χ0v) is 18.9. The van der Waals surface area contributed by atoms with Crippen LogP contribution < -0.4 is 5.32 Å². The van der Waals surface area contributed by atoms with Crippen molar-refractivity contribution in [2.75, 3.05) is 5.32 Å². The van der Waals surface area contributed by atoms with Crippen LogP contribution in [0.4, 0.5) is 18.9 Å². The van der Waals surface area contributed by atoms with Crippen LogP contribution >= 0.6 is 11.6 Å². The van der Waals surface area contributed by atoms with Crippen LogP contribution in [0.2, 0.25) is 5.02 Å². The summed E-state index contributed by atoms with van der Waals surface area (Å²) in [6, 6.07) is 4.80. The van der Waals surface area contributed by atoms with Gasteiger partial charge in [-0.3, -0.25) is 4.99 Å². The topological polar surface area (TPSA) is 78.8 Å². The molecule has 0 bridgehead atoms. The van der Waals surface area contributed by atoms with Crippen LogP contribution in [0.1, 0.15) is 56.1 Å². The van der Waals surface area contributed by atoms with Crippen molar-refractivity contribution in [1.29, 1.82) is 0 Å². The zero-order chi connectivity index (χ0) is 23.4. The lowest BCUT2D eigenvalue weighted by molar-refractivity contribution is -0.0436. The highest BCUT2D eigenvalue weighted by atomic mass is 35.5. The summed E-state index contributed by atoms with van der Waals surface area (Å²) < 4.78 is 61.9. The van der Waals surface area contributed by atoms with Crippen molar-refractivity contribution in [1.82, 2.24) is 0 Å². The molecule has 0 aliphatic carbocycles. The fourth-order valence-corrected chi connectivity index (χ4v) is 4.63. The maximum atomic E-state index is 12.9. The average Bonchev–Trinajstić information content (AvgIpc) is 2.66. The molecule has 10 heteroatoms. The van der Waals surface area contributed by atoms with Crippen LogP contribution in [0.3, 0.4) is 0 Å². The summed E-state index contributed by atoms with van der Waals surface area (Å²) in [6.45, 7) is 7.69. The van der Waals surface area contributed by atoms with Gasteiger partial charge < -0.3 is 10.4 Å². The zero-order valence-electron chi connectivity index (χ0n) is 17.3. The maximum Gasteiger partial charge on any atom is 0.501 e. The third kappa shape index (κ3) is 4.13. The first-order valence-corrected chi connectivity index (χ1v) is 11.3. The van der Waals surface area contributed by atoms with Crippen molar-refractivity contribution in [2.45, 2.75) is 56.1 Å². The first-order valence-electron chi connectivity index (χ1n) is 9.48. The number of nitrogens with zero attached hydrogens (tertiary/aromatic N) is 1. The quantitative estimate of drug-likeness (QED) is 0.594. The number of sulfone groups is 1. The van der Waals surface area contributed by atoms with Gasteiger partial charge in [0.15, 0.2) is 0 Å². The van der Waals surface area contributed by atoms with Gasteiger partial charge in [-0.25, -0.2) is 8.42 Å². The second-order valence-corrected chi connectivity index (χ2v) is 10.6. The third-order valence-electron chi connectivity index (χ3n) is 5.12. The molecule has 2 N–H and O–H groups in total. The van der Waals surface area contributed by atoms with Gasteiger partial charge in [-0.1, -0.05) is 39.3 Å². The molecule has 2 aromatic rings. The predicted octanol–water partition coefficient (Wildman–Crippen LogP) is 5.74. The van der Waals surface area contributed by atoms with E-state index in [1.54, 1.807) is 6.07 Å². The van der Waals surface area contributed by atoms with Crippen LogP contribution in [0, 0.1) is 0 Å². The number of halogens is 4. The number of fused-ring (bicyclic) bond motifs is 1. The van der Waals surface area contributed by atoms with Gasteiger partial charge in [0.2, 0.25) is 0 Å². The van der Waals surface area contributed by atoms with Crippen molar-refractivity contribution < 1.29 is 26.7 Å². The molecule has 0 radical (unpaired) electrons. The van der Waals surface area contributed by atoms with E-state index in [-0.39, 0.29) is 11.3 Å². The predicted molar refractivity (Wildman–Crippen MR) is 115 cm³/mol. The molecule has 2 aromatic carbocycles. The number of hydrogen-bond donors (Lipinski definition) is 2. The average molecular weight is 475 g/mol. The summed E-state index contributed by atoms with van der Waals surface area (Å²) >= 11 is 6.48. The van der Waals surface area contributed by atoms with E-state index in [1.165, 1.54) is 12.3 Å². The molecule has 1 aliphatic rings. The van der Waals surface area contributed by atoms with Crippen molar-refractivity contribution in [3.05, 3.63) is 51.5 Å². The lowest BCUT2D eigenvalue weighted by atomic mass is 9.83. The summed E-state index contributed by atoms with van der Waals surface area (Å²) in [5.41, 5.74) is -3.40. The molecular formula is C21H22ClF3N2O3S. The van der Waals surface area contributed by atoms with E-state index in [4.69, 9.17) is 11.6 Å². The van der Waals surface area contributed by atoms with Crippen LogP contribution in [0.5, 0.6) is 5.75 Å². The summed E-state index contributed by atoms with van der Waals surface area (Å²) in [7, 11) is -5.47. The lowest BCUT2D eigenvalue weighted by Crippen LogP contribution is -2.24. The molecule has 1 atom stereocenters. The summed E-state index contributed by atoms with van der Waals surface area (Å²) in [4.78, 5) is 3.47. The van der Waals surface area contributed by atoms with E-state index in [2.05, 4.69) is 10.3 Å². The van der Waals surface area contributed by atoms with Crippen LogP contribution in [0.25, 0.3) is 0 Å². The molecule has 0 amide bonds. The van der Waals surface area contributed by atoms with Gasteiger partial charge in [0.25, 0.3) is 9.84 Å². The molecule has 5 nitrogen and oxygen atoms in total. The Morgan fingerprint density at radius 3 is 2.39 bits per heavy atom. The van der Waals surface area contributed by atoms with Crippen molar-refractivity contribution in [3.8, 4) is 5.75 Å². The number of nitrogens with one attached hydrogen (secondary N) is 1. The van der Waals surface area contributed by atoms with Crippen molar-refractivity contribution >= 4 is 33.3 Å². The lowest BCUT2D eigenvalue weighted by Gasteiger charge is -2.29. The number of benzene rings is 2. The van der Waals surface area contributed by atoms with E-state index >= 15 is 0 Å². The molecule has 168 valence electrons. The molecule has 1 heterocycles. The molecule has 0 spiro atoms. The van der Waals surface area contributed by atoms with Gasteiger partial charge in [-0.2, -0.15) is 13.2 Å². The molecule has 3 rings (SSSR count). The van der Waals surface area contributed by atoms with Gasteiger partial charge >= 0.3 is 5.51 Å². The first kappa shape index (κ1) is 23.4. The second-order valence-electron chi connectivity index (χ2n) is 8.27. The van der Waals surface area contributed by atoms with E-state index in [0.29, 0.717) is 33.8 Å². The minimum absolute atomic E-state index is 0.0446. The number of aromatic hydroxyl groups is 1. The Morgan fingerprint density at radius 1 is 1.19 bits per heavy atom. The summed E-state index contributed by atoms with van der Waals surface area (Å²) in [5.74, 6) is 0.0446. The van der Waals surface area contributed by atoms with E-state index in [9.17, 15) is 26.7 Å². The van der Waals surface area contributed by atoms with Crippen LogP contribution in [-0.4, -0.2) is 25.2 Å². The normalized spacial score (nSPS) is 16.7. The molecule has 1 unspecified atom stereocenters. The Bertz CT molecular complexity index is 1170. The van der Waals surface area contributed by atoms with Gasteiger partial charge in [-0.05, 0) is 41.7 Å². The number of anilines is 1. The monoisotopic (exact) mass is 474 g/mol. The molecule has 1 aliphatic heterocycles. The number of rotatable bonds is 3. The fraction of sp³-hybridized carbons (Fsp3) is 0.381. The molecule has 0 saturated carbocycles. The van der Waals surface area contributed by atoms with Crippen molar-refractivity contribution in [2.24, 2.45) is 4.99 Å². The highest BCUT2D eigenvalue weighted by Gasteiger charge is 2.47. The van der Waals surface area contributed by atoms with Crippen LogP contribution in [0.15, 0.2) is 34.2 Å². The number of alkyl halides is 3. The van der Waals surface area contributed by atoms with E-state index in [1.807, 2.05) is 27.7 Å². The SMILES string of the molecule is CCc1c(Cl)cc(C(C)(C)C)c(O)c1C1N=Cc2cc(S(=O)(=O)C(F)(F)F)ccc2N1. The second kappa shape index (κ2) is 7.70. The van der Waals surface area contributed by atoms with E-state index in [0.717, 1.165) is 12.1 Å². The molecule has 0 saturated heterocycles. The Hall–Kier alpha value is -2.26. The molecule has 0 aromatic heterocycles.